The second-order valence-corrected chi connectivity index (χ2v) is 8.53. The number of piperidine rings is 2. The number of hydrogen-bond acceptors (Lipinski definition) is 4. The third kappa shape index (κ3) is 4.98. The molecule has 118 valence electrons. The second-order valence-electron chi connectivity index (χ2n) is 6.54. The Morgan fingerprint density at radius 1 is 1.15 bits per heavy atom. The molecule has 6 heteroatoms. The maximum absolute atomic E-state index is 11.6. The minimum atomic E-state index is -3.02. The van der Waals surface area contributed by atoms with Crippen LogP contribution in [0, 0.1) is 11.8 Å². The SMILES string of the molecule is CN(CC1CCNCC1)CC1CCCN(S(C)(=O)=O)C1. The number of nitrogens with zero attached hydrogens (tertiary/aromatic N) is 2. The van der Waals surface area contributed by atoms with Gasteiger partial charge >= 0.3 is 0 Å². The highest BCUT2D eigenvalue weighted by molar-refractivity contribution is 7.88. The van der Waals surface area contributed by atoms with E-state index in [-0.39, 0.29) is 0 Å². The van der Waals surface area contributed by atoms with Crippen LogP contribution in [0.15, 0.2) is 0 Å². The Balaban J connectivity index is 1.77. The van der Waals surface area contributed by atoms with Crippen molar-refractivity contribution >= 4 is 10.0 Å². The Kier molecular flexibility index (Phi) is 5.84. The van der Waals surface area contributed by atoms with Crippen LogP contribution in [0.25, 0.3) is 0 Å². The molecule has 0 amide bonds. The Hall–Kier alpha value is -0.170. The molecule has 2 aliphatic rings. The molecular weight excluding hydrogens is 274 g/mol. The van der Waals surface area contributed by atoms with Crippen LogP contribution in [0.5, 0.6) is 0 Å². The van der Waals surface area contributed by atoms with Gasteiger partial charge in [0.05, 0.1) is 6.26 Å². The molecule has 1 atom stereocenters. The van der Waals surface area contributed by atoms with Crippen molar-refractivity contribution in [3.63, 3.8) is 0 Å². The van der Waals surface area contributed by atoms with E-state index in [1.165, 1.54) is 19.1 Å². The normalized spacial score (nSPS) is 27.1. The largest absolute Gasteiger partial charge is 0.317 e. The fourth-order valence-corrected chi connectivity index (χ4v) is 4.44. The van der Waals surface area contributed by atoms with E-state index in [1.807, 2.05) is 0 Å². The van der Waals surface area contributed by atoms with Gasteiger partial charge in [0.1, 0.15) is 0 Å². The van der Waals surface area contributed by atoms with Crippen molar-refractivity contribution in [1.82, 2.24) is 14.5 Å². The molecule has 0 bridgehead atoms. The van der Waals surface area contributed by atoms with E-state index in [1.54, 1.807) is 4.31 Å². The Morgan fingerprint density at radius 2 is 1.80 bits per heavy atom. The zero-order valence-electron chi connectivity index (χ0n) is 12.8. The maximum atomic E-state index is 11.6. The van der Waals surface area contributed by atoms with Crippen LogP contribution in [0.1, 0.15) is 25.7 Å². The summed E-state index contributed by atoms with van der Waals surface area (Å²) in [5, 5.41) is 3.40. The molecule has 2 rings (SSSR count). The van der Waals surface area contributed by atoms with Crippen molar-refractivity contribution in [3.05, 3.63) is 0 Å². The quantitative estimate of drug-likeness (QED) is 0.808. The van der Waals surface area contributed by atoms with Crippen LogP contribution in [0.2, 0.25) is 0 Å². The van der Waals surface area contributed by atoms with Crippen LogP contribution in [0.4, 0.5) is 0 Å². The van der Waals surface area contributed by atoms with Crippen LogP contribution in [0.3, 0.4) is 0 Å². The zero-order chi connectivity index (χ0) is 14.6. The molecule has 0 radical (unpaired) electrons. The lowest BCUT2D eigenvalue weighted by Gasteiger charge is -2.34. The molecule has 0 aromatic heterocycles. The van der Waals surface area contributed by atoms with Crippen LogP contribution < -0.4 is 5.32 Å². The van der Waals surface area contributed by atoms with Crippen molar-refractivity contribution in [3.8, 4) is 0 Å². The molecule has 5 nitrogen and oxygen atoms in total. The number of hydrogen-bond donors (Lipinski definition) is 1. The molecule has 20 heavy (non-hydrogen) atoms. The van der Waals surface area contributed by atoms with E-state index in [4.69, 9.17) is 0 Å². The first kappa shape index (κ1) is 16.2. The Labute approximate surface area is 123 Å². The van der Waals surface area contributed by atoms with Gasteiger partial charge in [-0.05, 0) is 57.7 Å². The van der Waals surface area contributed by atoms with Crippen molar-refractivity contribution < 1.29 is 8.42 Å². The second kappa shape index (κ2) is 7.20. The van der Waals surface area contributed by atoms with Crippen LogP contribution in [-0.4, -0.2) is 70.2 Å². The summed E-state index contributed by atoms with van der Waals surface area (Å²) in [6, 6.07) is 0. The molecule has 2 saturated heterocycles. The average molecular weight is 303 g/mol. The summed E-state index contributed by atoms with van der Waals surface area (Å²) in [7, 11) is -0.833. The molecule has 0 spiro atoms. The third-order valence-electron chi connectivity index (χ3n) is 4.55. The summed E-state index contributed by atoms with van der Waals surface area (Å²) in [5.74, 6) is 1.29. The summed E-state index contributed by atoms with van der Waals surface area (Å²) in [4.78, 5) is 2.41. The number of rotatable bonds is 5. The predicted octanol–water partition coefficient (Wildman–Crippen LogP) is 0.589. The van der Waals surface area contributed by atoms with E-state index in [0.29, 0.717) is 19.0 Å². The summed E-state index contributed by atoms with van der Waals surface area (Å²) in [5.41, 5.74) is 0. The summed E-state index contributed by atoms with van der Waals surface area (Å²) in [6.07, 6.45) is 6.02. The highest BCUT2D eigenvalue weighted by Crippen LogP contribution is 2.20. The first-order chi connectivity index (χ1) is 9.45. The smallest absolute Gasteiger partial charge is 0.211 e. The molecule has 0 aromatic carbocycles. The third-order valence-corrected chi connectivity index (χ3v) is 5.82. The van der Waals surface area contributed by atoms with Crippen molar-refractivity contribution in [2.24, 2.45) is 11.8 Å². The van der Waals surface area contributed by atoms with Gasteiger partial charge in [0.2, 0.25) is 10.0 Å². The molecule has 2 heterocycles. The Bertz CT molecular complexity index is 393. The molecule has 0 aliphatic carbocycles. The number of sulfonamides is 1. The van der Waals surface area contributed by atoms with Gasteiger partial charge in [-0.2, -0.15) is 0 Å². The fraction of sp³-hybridized carbons (Fsp3) is 1.00. The highest BCUT2D eigenvalue weighted by atomic mass is 32.2. The Morgan fingerprint density at radius 3 is 2.45 bits per heavy atom. The van der Waals surface area contributed by atoms with Gasteiger partial charge in [-0.3, -0.25) is 0 Å². The molecular formula is C14H29N3O2S. The van der Waals surface area contributed by atoms with Gasteiger partial charge in [-0.15, -0.1) is 0 Å². The molecule has 2 aliphatic heterocycles. The van der Waals surface area contributed by atoms with Crippen LogP contribution >= 0.6 is 0 Å². The first-order valence-electron chi connectivity index (χ1n) is 7.79. The zero-order valence-corrected chi connectivity index (χ0v) is 13.7. The van der Waals surface area contributed by atoms with E-state index < -0.39 is 10.0 Å². The van der Waals surface area contributed by atoms with Gasteiger partial charge in [0.15, 0.2) is 0 Å². The topological polar surface area (TPSA) is 52.6 Å². The molecule has 0 saturated carbocycles. The van der Waals surface area contributed by atoms with Crippen LogP contribution in [-0.2, 0) is 10.0 Å². The highest BCUT2D eigenvalue weighted by Gasteiger charge is 2.27. The van der Waals surface area contributed by atoms with Gasteiger partial charge in [-0.25, -0.2) is 12.7 Å². The lowest BCUT2D eigenvalue weighted by Crippen LogP contribution is -2.43. The van der Waals surface area contributed by atoms with Crippen molar-refractivity contribution in [2.75, 3.05) is 52.6 Å². The standard InChI is InChI=1S/C14H29N3O2S/c1-16(10-13-5-7-15-8-6-13)11-14-4-3-9-17(12-14)20(2,18)19/h13-15H,3-12H2,1-2H3. The minimum Gasteiger partial charge on any atom is -0.317 e. The van der Waals surface area contributed by atoms with Crippen molar-refractivity contribution in [1.29, 1.82) is 0 Å². The minimum absolute atomic E-state index is 0.491. The molecule has 1 unspecified atom stereocenters. The van der Waals surface area contributed by atoms with E-state index >= 15 is 0 Å². The maximum Gasteiger partial charge on any atom is 0.211 e. The number of nitrogens with one attached hydrogen (secondary N) is 1. The first-order valence-corrected chi connectivity index (χ1v) is 9.64. The molecule has 0 aromatic rings. The van der Waals surface area contributed by atoms with Gasteiger partial charge in [-0.1, -0.05) is 0 Å². The van der Waals surface area contributed by atoms with Gasteiger partial charge < -0.3 is 10.2 Å². The lowest BCUT2D eigenvalue weighted by atomic mass is 9.95. The monoisotopic (exact) mass is 303 g/mol. The van der Waals surface area contributed by atoms with Gasteiger partial charge in [0.25, 0.3) is 0 Å². The summed E-state index contributed by atoms with van der Waals surface area (Å²) in [6.45, 7) is 5.86. The van der Waals surface area contributed by atoms with E-state index in [0.717, 1.165) is 44.9 Å². The molecule has 1 N–H and O–H groups in total. The summed E-state index contributed by atoms with van der Waals surface area (Å²) >= 11 is 0. The average Bonchev–Trinajstić information content (AvgIpc) is 2.39. The van der Waals surface area contributed by atoms with Crippen molar-refractivity contribution in [2.45, 2.75) is 25.7 Å². The van der Waals surface area contributed by atoms with E-state index in [2.05, 4.69) is 17.3 Å². The molecule has 2 fully saturated rings. The van der Waals surface area contributed by atoms with E-state index in [9.17, 15) is 8.42 Å². The fourth-order valence-electron chi connectivity index (χ4n) is 3.50. The van der Waals surface area contributed by atoms with Gasteiger partial charge in [0, 0.05) is 26.2 Å². The predicted molar refractivity (Wildman–Crippen MR) is 82.2 cm³/mol. The lowest BCUT2D eigenvalue weighted by molar-refractivity contribution is 0.174. The summed E-state index contributed by atoms with van der Waals surface area (Å²) < 4.78 is 24.9.